The lowest BCUT2D eigenvalue weighted by molar-refractivity contribution is -0.141. The first-order valence-corrected chi connectivity index (χ1v) is 11.5. The molecule has 2 aliphatic heterocycles. The topological polar surface area (TPSA) is 105 Å². The van der Waals surface area contributed by atoms with Crippen LogP contribution in [0.25, 0.3) is 0 Å². The van der Waals surface area contributed by atoms with E-state index < -0.39 is 12.1 Å². The third kappa shape index (κ3) is 4.90. The summed E-state index contributed by atoms with van der Waals surface area (Å²) in [6, 6.07) is 5.37. The minimum absolute atomic E-state index is 0.0802. The lowest BCUT2D eigenvalue weighted by Gasteiger charge is -2.28. The fourth-order valence-electron chi connectivity index (χ4n) is 5.25. The molecule has 4 rings (SSSR count). The summed E-state index contributed by atoms with van der Waals surface area (Å²) in [4.78, 5) is 51.3. The van der Waals surface area contributed by atoms with E-state index in [1.165, 1.54) is 0 Å². The van der Waals surface area contributed by atoms with Crippen molar-refractivity contribution in [3.8, 4) is 5.75 Å². The van der Waals surface area contributed by atoms with Crippen LogP contribution in [0.15, 0.2) is 24.3 Å². The second-order valence-corrected chi connectivity index (χ2v) is 9.29. The Morgan fingerprint density at radius 3 is 2.72 bits per heavy atom. The number of fused-ring (bicyclic) bond motifs is 1. The van der Waals surface area contributed by atoms with Crippen molar-refractivity contribution in [3.05, 3.63) is 29.3 Å². The van der Waals surface area contributed by atoms with Crippen LogP contribution in [0.5, 0.6) is 5.75 Å². The van der Waals surface area contributed by atoms with E-state index in [1.807, 2.05) is 0 Å². The highest BCUT2D eigenvalue weighted by Crippen LogP contribution is 2.42. The van der Waals surface area contributed by atoms with Gasteiger partial charge in [-0.15, -0.1) is 0 Å². The minimum atomic E-state index is -0.751. The Hall–Kier alpha value is -2.61. The van der Waals surface area contributed by atoms with Gasteiger partial charge in [0.25, 0.3) is 5.91 Å². The van der Waals surface area contributed by atoms with Crippen molar-refractivity contribution in [2.24, 2.45) is 17.8 Å². The molecule has 5 atom stereocenters. The molecule has 0 aromatic heterocycles. The second kappa shape index (κ2) is 9.90. The molecule has 1 saturated carbocycles. The number of nitrogens with one attached hydrogen (secondary N) is 2. The lowest BCUT2D eigenvalue weighted by Crippen LogP contribution is -2.52. The average Bonchev–Trinajstić information content (AvgIpc) is 3.48. The maximum atomic E-state index is 13.2. The molecule has 1 unspecified atom stereocenters. The molecular weight excluding hydrogens is 434 g/mol. The van der Waals surface area contributed by atoms with Crippen LogP contribution in [0, 0.1) is 17.8 Å². The zero-order valence-electron chi connectivity index (χ0n) is 17.8. The number of ether oxygens (including phenoxy) is 1. The van der Waals surface area contributed by atoms with Gasteiger partial charge in [-0.05, 0) is 61.8 Å². The number of carbonyl (C=O) groups is 4. The molecule has 0 radical (unpaired) electrons. The summed E-state index contributed by atoms with van der Waals surface area (Å²) in [5.74, 6) is -0.0593. The van der Waals surface area contributed by atoms with E-state index in [4.69, 9.17) is 16.3 Å². The number of nitrogens with zero attached hydrogens (tertiary/aromatic N) is 1. The lowest BCUT2D eigenvalue weighted by atomic mass is 9.92. The number of benzene rings is 1. The Bertz CT molecular complexity index is 877. The second-order valence-electron chi connectivity index (χ2n) is 8.85. The van der Waals surface area contributed by atoms with Gasteiger partial charge in [0.15, 0.2) is 6.61 Å². The largest absolute Gasteiger partial charge is 0.484 e. The molecule has 3 aliphatic rings. The van der Waals surface area contributed by atoms with E-state index in [9.17, 15) is 19.2 Å². The number of halogens is 1. The highest BCUT2D eigenvalue weighted by atomic mass is 35.5. The van der Waals surface area contributed by atoms with Crippen molar-refractivity contribution in [2.75, 3.05) is 19.7 Å². The third-order valence-electron chi connectivity index (χ3n) is 6.85. The molecule has 2 heterocycles. The Morgan fingerprint density at radius 2 is 2.03 bits per heavy atom. The summed E-state index contributed by atoms with van der Waals surface area (Å²) >= 11 is 5.88. The van der Waals surface area contributed by atoms with Gasteiger partial charge >= 0.3 is 0 Å². The molecule has 3 fully saturated rings. The first kappa shape index (κ1) is 22.6. The van der Waals surface area contributed by atoms with Gasteiger partial charge in [0, 0.05) is 24.0 Å². The van der Waals surface area contributed by atoms with Gasteiger partial charge in [0.05, 0.1) is 6.04 Å². The summed E-state index contributed by atoms with van der Waals surface area (Å²) in [6.07, 6.45) is 4.49. The van der Waals surface area contributed by atoms with E-state index in [0.29, 0.717) is 36.6 Å². The van der Waals surface area contributed by atoms with E-state index in [0.717, 1.165) is 19.3 Å². The van der Waals surface area contributed by atoms with Crippen LogP contribution in [0.3, 0.4) is 0 Å². The first-order valence-electron chi connectivity index (χ1n) is 11.2. The molecule has 3 amide bonds. The maximum absolute atomic E-state index is 13.2. The Kier molecular flexibility index (Phi) is 6.98. The van der Waals surface area contributed by atoms with Gasteiger partial charge in [-0.25, -0.2) is 0 Å². The van der Waals surface area contributed by atoms with E-state index in [2.05, 4.69) is 10.6 Å². The van der Waals surface area contributed by atoms with E-state index in [-0.39, 0.29) is 48.5 Å². The summed E-state index contributed by atoms with van der Waals surface area (Å²) in [6.45, 7) is 0.928. The van der Waals surface area contributed by atoms with Gasteiger partial charge in [0.1, 0.15) is 18.1 Å². The zero-order chi connectivity index (χ0) is 22.7. The number of amides is 3. The molecule has 2 N–H and O–H groups in total. The third-order valence-corrected chi connectivity index (χ3v) is 7.10. The summed E-state index contributed by atoms with van der Waals surface area (Å²) < 4.78 is 5.61. The number of carbonyl (C=O) groups excluding carboxylic acids is 4. The van der Waals surface area contributed by atoms with Gasteiger partial charge in [-0.2, -0.15) is 0 Å². The maximum Gasteiger partial charge on any atom is 0.261 e. The molecular formula is C23H28ClN3O5. The van der Waals surface area contributed by atoms with E-state index >= 15 is 0 Å². The van der Waals surface area contributed by atoms with Gasteiger partial charge in [-0.3, -0.25) is 14.4 Å². The fourth-order valence-corrected chi connectivity index (χ4v) is 5.38. The molecule has 2 saturated heterocycles. The quantitative estimate of drug-likeness (QED) is 0.571. The van der Waals surface area contributed by atoms with Gasteiger partial charge in [0.2, 0.25) is 11.8 Å². The highest BCUT2D eigenvalue weighted by molar-refractivity contribution is 6.30. The van der Waals surface area contributed by atoms with Crippen molar-refractivity contribution < 1.29 is 23.9 Å². The summed E-state index contributed by atoms with van der Waals surface area (Å²) in [5, 5.41) is 6.12. The SMILES string of the molecule is O=C[C@H](C[C@@H]1CCNC1=O)NC(=O)C1[C@@H]2CCC[C@H]2CN1C(=O)COc1ccc(Cl)cc1. The zero-order valence-corrected chi connectivity index (χ0v) is 18.6. The number of likely N-dealkylation sites (tertiary alicyclic amines) is 1. The van der Waals surface area contributed by atoms with Crippen LogP contribution in [0.4, 0.5) is 0 Å². The first-order chi connectivity index (χ1) is 15.5. The van der Waals surface area contributed by atoms with Crippen LogP contribution in [0.2, 0.25) is 5.02 Å². The average molecular weight is 462 g/mol. The Balaban J connectivity index is 1.40. The molecule has 172 valence electrons. The summed E-state index contributed by atoms with van der Waals surface area (Å²) in [5.41, 5.74) is 0. The number of rotatable bonds is 8. The Morgan fingerprint density at radius 1 is 1.25 bits per heavy atom. The molecule has 8 nitrogen and oxygen atoms in total. The molecule has 1 aromatic carbocycles. The highest BCUT2D eigenvalue weighted by Gasteiger charge is 2.49. The van der Waals surface area contributed by atoms with Crippen molar-refractivity contribution in [3.63, 3.8) is 0 Å². The standard InChI is InChI=1S/C23H28ClN3O5/c24-16-4-6-18(7-5-16)32-13-20(29)27-11-15-2-1-3-19(15)21(27)23(31)26-17(12-28)10-14-8-9-25-22(14)30/h4-7,12,14-15,17,19,21H,1-3,8-11,13H2,(H,25,30)(H,26,31)/t14-,15-,17-,19+,21?/m0/s1. The van der Waals surface area contributed by atoms with Crippen LogP contribution < -0.4 is 15.4 Å². The number of aldehydes is 1. The van der Waals surface area contributed by atoms with Crippen molar-refractivity contribution >= 4 is 35.6 Å². The van der Waals surface area contributed by atoms with Crippen molar-refractivity contribution in [1.82, 2.24) is 15.5 Å². The predicted octanol–water partition coefficient (Wildman–Crippen LogP) is 1.56. The number of hydrogen-bond acceptors (Lipinski definition) is 5. The van der Waals surface area contributed by atoms with Crippen molar-refractivity contribution in [2.45, 2.75) is 44.2 Å². The summed E-state index contributed by atoms with van der Waals surface area (Å²) in [7, 11) is 0. The van der Waals surface area contributed by atoms with Crippen LogP contribution in [-0.4, -0.2) is 60.7 Å². The van der Waals surface area contributed by atoms with E-state index in [1.54, 1.807) is 29.2 Å². The molecule has 1 aromatic rings. The normalized spacial score (nSPS) is 27.5. The van der Waals surface area contributed by atoms with Crippen LogP contribution >= 0.6 is 11.6 Å². The fraction of sp³-hybridized carbons (Fsp3) is 0.565. The van der Waals surface area contributed by atoms with Crippen molar-refractivity contribution in [1.29, 1.82) is 0 Å². The molecule has 0 bridgehead atoms. The monoisotopic (exact) mass is 461 g/mol. The predicted molar refractivity (Wildman–Crippen MR) is 117 cm³/mol. The Labute approximate surface area is 192 Å². The molecule has 0 spiro atoms. The molecule has 32 heavy (non-hydrogen) atoms. The van der Waals surface area contributed by atoms with Crippen LogP contribution in [-0.2, 0) is 19.2 Å². The molecule has 1 aliphatic carbocycles. The minimum Gasteiger partial charge on any atom is -0.484 e. The van der Waals surface area contributed by atoms with Gasteiger partial charge < -0.3 is 25.1 Å². The molecule has 9 heteroatoms. The smallest absolute Gasteiger partial charge is 0.261 e. The number of hydrogen-bond donors (Lipinski definition) is 2. The van der Waals surface area contributed by atoms with Crippen LogP contribution in [0.1, 0.15) is 32.1 Å². The van der Waals surface area contributed by atoms with Gasteiger partial charge in [-0.1, -0.05) is 18.0 Å².